The highest BCUT2D eigenvalue weighted by atomic mass is 16.6. The third kappa shape index (κ3) is 3.15. The molecule has 0 saturated carbocycles. The first kappa shape index (κ1) is 15.5. The summed E-state index contributed by atoms with van der Waals surface area (Å²) >= 11 is 0. The van der Waals surface area contributed by atoms with Gasteiger partial charge in [-0.15, -0.1) is 0 Å². The Morgan fingerprint density at radius 1 is 0.960 bits per heavy atom. The summed E-state index contributed by atoms with van der Waals surface area (Å²) in [6.45, 7) is 1.24. The molecule has 0 spiro atoms. The van der Waals surface area contributed by atoms with Crippen LogP contribution in [0.25, 0.3) is 0 Å². The fourth-order valence-corrected chi connectivity index (χ4v) is 3.08. The summed E-state index contributed by atoms with van der Waals surface area (Å²) < 4.78 is 11.0. The molecule has 0 radical (unpaired) electrons. The molecule has 1 unspecified atom stereocenters. The summed E-state index contributed by atoms with van der Waals surface area (Å²) in [6.07, 6.45) is 0.489. The summed E-state index contributed by atoms with van der Waals surface area (Å²) in [5.41, 5.74) is 1.84. The Bertz CT molecular complexity index is 806. The molecule has 0 aromatic heterocycles. The Balaban J connectivity index is 1.47. The Morgan fingerprint density at radius 2 is 1.72 bits per heavy atom. The second-order valence-electron chi connectivity index (χ2n) is 6.09. The number of carbonyl (C=O) groups excluding carboxylic acids is 2. The number of urea groups is 1. The molecule has 2 aromatic rings. The van der Waals surface area contributed by atoms with E-state index >= 15 is 0 Å². The van der Waals surface area contributed by atoms with Crippen LogP contribution in [0.4, 0.5) is 4.79 Å². The molecule has 3 amide bonds. The lowest BCUT2D eigenvalue weighted by Crippen LogP contribution is -2.32. The summed E-state index contributed by atoms with van der Waals surface area (Å²) in [6, 6.07) is 14.3. The number of hydrogen-bond acceptors (Lipinski definition) is 4. The van der Waals surface area contributed by atoms with Crippen LogP contribution in [0.15, 0.2) is 48.5 Å². The number of benzene rings is 2. The Kier molecular flexibility index (Phi) is 4.01. The van der Waals surface area contributed by atoms with E-state index in [1.807, 2.05) is 48.5 Å². The van der Waals surface area contributed by atoms with E-state index in [2.05, 4.69) is 5.32 Å². The molecule has 6 nitrogen and oxygen atoms in total. The molecule has 2 aliphatic heterocycles. The van der Waals surface area contributed by atoms with Crippen LogP contribution in [-0.2, 0) is 17.8 Å². The van der Waals surface area contributed by atoms with Gasteiger partial charge >= 0.3 is 6.03 Å². The number of nitrogens with one attached hydrogen (secondary N) is 1. The molecule has 0 bridgehead atoms. The van der Waals surface area contributed by atoms with Crippen LogP contribution in [0, 0.1) is 0 Å². The average Bonchev–Trinajstić information content (AvgIpc) is 2.90. The average molecular weight is 338 g/mol. The van der Waals surface area contributed by atoms with Crippen molar-refractivity contribution in [3.05, 3.63) is 59.7 Å². The molecule has 1 fully saturated rings. The Morgan fingerprint density at radius 3 is 2.52 bits per heavy atom. The van der Waals surface area contributed by atoms with Gasteiger partial charge in [0.15, 0.2) is 11.5 Å². The van der Waals surface area contributed by atoms with E-state index in [1.165, 1.54) is 4.90 Å². The molecule has 25 heavy (non-hydrogen) atoms. The molecule has 1 atom stereocenters. The molecule has 2 aliphatic rings. The number of hydrogen-bond donors (Lipinski definition) is 1. The highest BCUT2D eigenvalue weighted by molar-refractivity contribution is 6.04. The lowest BCUT2D eigenvalue weighted by atomic mass is 10.1. The van der Waals surface area contributed by atoms with Crippen molar-refractivity contribution in [3.8, 4) is 11.5 Å². The maximum atomic E-state index is 12.6. The van der Waals surface area contributed by atoms with Gasteiger partial charge in [0.1, 0.15) is 19.3 Å². The van der Waals surface area contributed by atoms with Gasteiger partial charge in [-0.05, 0) is 23.3 Å². The van der Waals surface area contributed by atoms with Crippen LogP contribution in [0.3, 0.4) is 0 Å². The predicted octanol–water partition coefficient (Wildman–Crippen LogP) is 2.12. The van der Waals surface area contributed by atoms with Crippen LogP contribution in [0.5, 0.6) is 11.5 Å². The fourth-order valence-electron chi connectivity index (χ4n) is 3.08. The highest BCUT2D eigenvalue weighted by Gasteiger charge is 2.37. The second-order valence-corrected chi connectivity index (χ2v) is 6.09. The van der Waals surface area contributed by atoms with Gasteiger partial charge in [-0.2, -0.15) is 0 Å². The first-order valence-electron chi connectivity index (χ1n) is 8.25. The molecule has 1 N–H and O–H groups in total. The molecule has 6 heteroatoms. The number of imide groups is 1. The van der Waals surface area contributed by atoms with Crippen molar-refractivity contribution in [2.45, 2.75) is 19.0 Å². The van der Waals surface area contributed by atoms with Gasteiger partial charge in [-0.25, -0.2) is 4.79 Å². The fraction of sp³-hybridized carbons (Fsp3) is 0.263. The zero-order valence-corrected chi connectivity index (χ0v) is 13.6. The number of nitrogens with zero attached hydrogens (tertiary/aromatic N) is 1. The minimum Gasteiger partial charge on any atom is -0.486 e. The molecule has 2 heterocycles. The van der Waals surface area contributed by atoms with Crippen molar-refractivity contribution in [3.63, 3.8) is 0 Å². The van der Waals surface area contributed by atoms with Gasteiger partial charge in [-0.3, -0.25) is 9.69 Å². The standard InChI is InChI=1S/C19H18N2O4/c22-18-15(10-13-4-2-1-3-5-13)20-19(23)21(18)12-14-6-7-16-17(11-14)25-9-8-24-16/h1-7,11,15H,8-10,12H2,(H,20,23). The van der Waals surface area contributed by atoms with E-state index in [0.717, 1.165) is 11.1 Å². The van der Waals surface area contributed by atoms with Crippen LogP contribution < -0.4 is 14.8 Å². The zero-order chi connectivity index (χ0) is 17.2. The van der Waals surface area contributed by atoms with Crippen molar-refractivity contribution >= 4 is 11.9 Å². The topological polar surface area (TPSA) is 67.9 Å². The summed E-state index contributed by atoms with van der Waals surface area (Å²) in [5, 5.41) is 2.77. The van der Waals surface area contributed by atoms with E-state index in [9.17, 15) is 9.59 Å². The van der Waals surface area contributed by atoms with Gasteiger partial charge in [0, 0.05) is 6.42 Å². The third-order valence-electron chi connectivity index (χ3n) is 4.34. The lowest BCUT2D eigenvalue weighted by molar-refractivity contribution is -0.127. The van der Waals surface area contributed by atoms with Crippen molar-refractivity contribution in [1.29, 1.82) is 0 Å². The predicted molar refractivity (Wildman–Crippen MR) is 90.4 cm³/mol. The van der Waals surface area contributed by atoms with Gasteiger partial charge in [0.05, 0.1) is 6.54 Å². The number of carbonyl (C=O) groups is 2. The number of ether oxygens (including phenoxy) is 2. The maximum Gasteiger partial charge on any atom is 0.325 e. The van der Waals surface area contributed by atoms with Gasteiger partial charge in [0.25, 0.3) is 5.91 Å². The van der Waals surface area contributed by atoms with E-state index in [0.29, 0.717) is 31.1 Å². The zero-order valence-electron chi connectivity index (χ0n) is 13.6. The Labute approximate surface area is 145 Å². The maximum absolute atomic E-state index is 12.6. The molecular weight excluding hydrogens is 320 g/mol. The van der Waals surface area contributed by atoms with E-state index in [4.69, 9.17) is 9.47 Å². The van der Waals surface area contributed by atoms with Crippen LogP contribution in [0.2, 0.25) is 0 Å². The summed E-state index contributed by atoms with van der Waals surface area (Å²) in [5.74, 6) is 1.13. The SMILES string of the molecule is O=C1NC(Cc2ccccc2)C(=O)N1Cc1ccc2c(c1)OCCO2. The monoisotopic (exact) mass is 338 g/mol. The van der Waals surface area contributed by atoms with Gasteiger partial charge < -0.3 is 14.8 Å². The van der Waals surface area contributed by atoms with Crippen molar-refractivity contribution < 1.29 is 19.1 Å². The first-order chi connectivity index (χ1) is 12.2. The largest absolute Gasteiger partial charge is 0.486 e. The quantitative estimate of drug-likeness (QED) is 0.867. The highest BCUT2D eigenvalue weighted by Crippen LogP contribution is 2.31. The van der Waals surface area contributed by atoms with Crippen LogP contribution in [0.1, 0.15) is 11.1 Å². The molecule has 0 aliphatic carbocycles. The van der Waals surface area contributed by atoms with E-state index in [1.54, 1.807) is 0 Å². The van der Waals surface area contributed by atoms with Crippen molar-refractivity contribution in [1.82, 2.24) is 10.2 Å². The number of rotatable bonds is 4. The first-order valence-corrected chi connectivity index (χ1v) is 8.25. The van der Waals surface area contributed by atoms with Gasteiger partial charge in [-0.1, -0.05) is 36.4 Å². The number of amides is 3. The molecular formula is C19H18N2O4. The van der Waals surface area contributed by atoms with Crippen molar-refractivity contribution in [2.75, 3.05) is 13.2 Å². The second kappa shape index (κ2) is 6.47. The lowest BCUT2D eigenvalue weighted by Gasteiger charge is -2.20. The molecule has 1 saturated heterocycles. The minimum absolute atomic E-state index is 0.205. The molecule has 4 rings (SSSR count). The Hall–Kier alpha value is -3.02. The normalized spacial score (nSPS) is 19.0. The molecule has 128 valence electrons. The molecule has 2 aromatic carbocycles. The number of fused-ring (bicyclic) bond motifs is 1. The van der Waals surface area contributed by atoms with Crippen LogP contribution >= 0.6 is 0 Å². The van der Waals surface area contributed by atoms with E-state index in [-0.39, 0.29) is 18.5 Å². The van der Waals surface area contributed by atoms with Crippen LogP contribution in [-0.4, -0.2) is 36.1 Å². The van der Waals surface area contributed by atoms with Crippen molar-refractivity contribution in [2.24, 2.45) is 0 Å². The third-order valence-corrected chi connectivity index (χ3v) is 4.34. The smallest absolute Gasteiger partial charge is 0.325 e. The van der Waals surface area contributed by atoms with E-state index < -0.39 is 6.04 Å². The minimum atomic E-state index is -0.521. The van der Waals surface area contributed by atoms with Gasteiger partial charge in [0.2, 0.25) is 0 Å². The summed E-state index contributed by atoms with van der Waals surface area (Å²) in [7, 11) is 0. The summed E-state index contributed by atoms with van der Waals surface area (Å²) in [4.78, 5) is 26.1.